The van der Waals surface area contributed by atoms with E-state index in [0.717, 1.165) is 16.9 Å². The highest BCUT2D eigenvalue weighted by Gasteiger charge is 2.10. The highest BCUT2D eigenvalue weighted by atomic mass is 32.1. The summed E-state index contributed by atoms with van der Waals surface area (Å²) in [7, 11) is 1.31. The normalized spacial score (nSPS) is 12.1. The van der Waals surface area contributed by atoms with E-state index in [9.17, 15) is 19.5 Å². The quantitative estimate of drug-likeness (QED) is 0.587. The van der Waals surface area contributed by atoms with Gasteiger partial charge in [0.1, 0.15) is 10.4 Å². The highest BCUT2D eigenvalue weighted by molar-refractivity contribution is 7.07. The Kier molecular flexibility index (Phi) is 7.04. The molecular weight excluding hydrogens is 418 g/mol. The Balaban J connectivity index is 2.07. The van der Waals surface area contributed by atoms with Crippen LogP contribution in [0.15, 0.2) is 53.3 Å². The number of phenolic OH excluding ortho intramolecular Hbond substituents is 1. The van der Waals surface area contributed by atoms with Gasteiger partial charge in [-0.05, 0) is 48.4 Å². The Morgan fingerprint density at radius 3 is 2.55 bits per heavy atom. The van der Waals surface area contributed by atoms with Gasteiger partial charge < -0.3 is 14.6 Å². The number of carbonyl (C=O) groups excluding carboxylic acids is 2. The number of benzene rings is 2. The van der Waals surface area contributed by atoms with Crippen molar-refractivity contribution >= 4 is 35.4 Å². The van der Waals surface area contributed by atoms with Crippen molar-refractivity contribution in [1.29, 1.82) is 0 Å². The molecule has 0 fully saturated rings. The summed E-state index contributed by atoms with van der Waals surface area (Å²) in [4.78, 5) is 36.7. The zero-order valence-electron chi connectivity index (χ0n) is 17.0. The highest BCUT2D eigenvalue weighted by Crippen LogP contribution is 2.11. The van der Waals surface area contributed by atoms with E-state index in [1.54, 1.807) is 61.5 Å². The zero-order valence-corrected chi connectivity index (χ0v) is 17.8. The van der Waals surface area contributed by atoms with Crippen molar-refractivity contribution < 1.29 is 24.2 Å². The molecule has 0 aliphatic heterocycles. The first kappa shape index (κ1) is 22.0. The van der Waals surface area contributed by atoms with Crippen LogP contribution in [0.25, 0.3) is 12.2 Å². The Hall–Kier alpha value is -3.65. The van der Waals surface area contributed by atoms with Crippen LogP contribution in [0, 0.1) is 0 Å². The summed E-state index contributed by atoms with van der Waals surface area (Å²) >= 11 is 1.15. The molecule has 0 amide bonds. The maximum absolute atomic E-state index is 13.1. The van der Waals surface area contributed by atoms with Crippen molar-refractivity contribution in [3.8, 4) is 5.75 Å². The minimum absolute atomic E-state index is 0.0923. The molecule has 31 heavy (non-hydrogen) atoms. The number of aromatic nitrogens is 1. The smallest absolute Gasteiger partial charge is 0.337 e. The summed E-state index contributed by atoms with van der Waals surface area (Å²) in [5, 5.41) is 9.67. The topological polar surface area (TPSA) is 94.8 Å². The van der Waals surface area contributed by atoms with Crippen LogP contribution in [0.1, 0.15) is 28.4 Å². The van der Waals surface area contributed by atoms with E-state index in [1.165, 1.54) is 17.8 Å². The van der Waals surface area contributed by atoms with Crippen molar-refractivity contribution in [2.75, 3.05) is 13.7 Å². The third-order valence-corrected chi connectivity index (χ3v) is 5.41. The molecule has 1 heterocycles. The van der Waals surface area contributed by atoms with E-state index < -0.39 is 11.9 Å². The molecule has 0 spiro atoms. The Morgan fingerprint density at radius 1 is 1.16 bits per heavy atom. The van der Waals surface area contributed by atoms with Gasteiger partial charge in [-0.1, -0.05) is 24.3 Å². The lowest BCUT2D eigenvalue weighted by molar-refractivity contribution is -0.135. The molecular formula is C23H21NO6S. The van der Waals surface area contributed by atoms with E-state index in [2.05, 4.69) is 0 Å². The molecule has 0 saturated heterocycles. The third-order valence-electron chi connectivity index (χ3n) is 4.35. The molecule has 1 aromatic heterocycles. The number of hydrogen-bond acceptors (Lipinski definition) is 7. The fraction of sp³-hybridized carbons (Fsp3) is 0.174. The molecule has 160 valence electrons. The number of hydrogen-bond donors (Lipinski definition) is 1. The summed E-state index contributed by atoms with van der Waals surface area (Å²) in [5.41, 5.74) is 1.56. The number of rotatable bonds is 6. The van der Waals surface area contributed by atoms with E-state index >= 15 is 0 Å². The van der Waals surface area contributed by atoms with Gasteiger partial charge in [0.2, 0.25) is 0 Å². The van der Waals surface area contributed by atoms with E-state index in [1.807, 2.05) is 0 Å². The Bertz CT molecular complexity index is 1270. The minimum Gasteiger partial charge on any atom is -0.508 e. The number of thiazole rings is 1. The van der Waals surface area contributed by atoms with Crippen molar-refractivity contribution in [3.05, 3.63) is 84.8 Å². The molecule has 0 saturated carbocycles. The van der Waals surface area contributed by atoms with Gasteiger partial charge in [0.15, 0.2) is 0 Å². The maximum Gasteiger partial charge on any atom is 0.337 e. The lowest BCUT2D eigenvalue weighted by atomic mass is 10.1. The van der Waals surface area contributed by atoms with Crippen LogP contribution in [0.5, 0.6) is 5.75 Å². The molecule has 0 atom stereocenters. The average molecular weight is 439 g/mol. The minimum atomic E-state index is -0.539. The van der Waals surface area contributed by atoms with Gasteiger partial charge in [0.25, 0.3) is 5.56 Å². The molecule has 0 aliphatic rings. The number of ether oxygens (including phenoxy) is 2. The van der Waals surface area contributed by atoms with Crippen LogP contribution in [-0.2, 0) is 20.8 Å². The van der Waals surface area contributed by atoms with Gasteiger partial charge in [-0.25, -0.2) is 9.59 Å². The van der Waals surface area contributed by atoms with Crippen LogP contribution in [0.2, 0.25) is 0 Å². The maximum atomic E-state index is 13.1. The van der Waals surface area contributed by atoms with Crippen LogP contribution in [0.3, 0.4) is 0 Å². The molecule has 1 N–H and O–H groups in total. The summed E-state index contributed by atoms with van der Waals surface area (Å²) in [5.74, 6) is -0.893. The molecule has 2 aromatic carbocycles. The molecule has 0 aliphatic carbocycles. The number of carbonyl (C=O) groups is 2. The number of methoxy groups -OCH3 is 1. The lowest BCUT2D eigenvalue weighted by Crippen LogP contribution is -2.32. The van der Waals surface area contributed by atoms with Crippen molar-refractivity contribution in [1.82, 2.24) is 4.57 Å². The molecule has 0 bridgehead atoms. The Morgan fingerprint density at radius 2 is 1.90 bits per heavy atom. The second-order valence-corrected chi connectivity index (χ2v) is 7.58. The number of nitrogens with zero attached hydrogens (tertiary/aromatic N) is 1. The van der Waals surface area contributed by atoms with E-state index in [-0.39, 0.29) is 24.5 Å². The van der Waals surface area contributed by atoms with Gasteiger partial charge >= 0.3 is 11.9 Å². The first-order chi connectivity index (χ1) is 14.9. The van der Waals surface area contributed by atoms with Crippen molar-refractivity contribution in [3.63, 3.8) is 0 Å². The third kappa shape index (κ3) is 5.49. The number of aromatic hydroxyl groups is 1. The zero-order chi connectivity index (χ0) is 22.4. The predicted molar refractivity (Wildman–Crippen MR) is 117 cm³/mol. The summed E-state index contributed by atoms with van der Waals surface area (Å²) in [6.07, 6.45) is 2.95. The van der Waals surface area contributed by atoms with Crippen LogP contribution in [0.4, 0.5) is 0 Å². The average Bonchev–Trinajstić information content (AvgIpc) is 3.02. The van der Waals surface area contributed by atoms with Gasteiger partial charge in [-0.15, -0.1) is 11.3 Å². The summed E-state index contributed by atoms with van der Waals surface area (Å²) < 4.78 is 12.0. The van der Waals surface area contributed by atoms with Gasteiger partial charge in [0, 0.05) is 0 Å². The van der Waals surface area contributed by atoms with Gasteiger partial charge in [0.05, 0.1) is 36.4 Å². The van der Waals surface area contributed by atoms with Crippen LogP contribution < -0.4 is 14.8 Å². The van der Waals surface area contributed by atoms with Crippen LogP contribution in [-0.4, -0.2) is 35.3 Å². The monoisotopic (exact) mass is 439 g/mol. The summed E-state index contributed by atoms with van der Waals surface area (Å²) in [6, 6.07) is 13.2. The number of esters is 2. The summed E-state index contributed by atoms with van der Waals surface area (Å²) in [6.45, 7) is 2.13. The lowest BCUT2D eigenvalue weighted by Gasteiger charge is -2.04. The van der Waals surface area contributed by atoms with Crippen LogP contribution >= 0.6 is 11.3 Å². The molecule has 7 nitrogen and oxygen atoms in total. The fourth-order valence-electron chi connectivity index (χ4n) is 2.89. The largest absolute Gasteiger partial charge is 0.508 e. The predicted octanol–water partition coefficient (Wildman–Crippen LogP) is 1.62. The molecule has 0 radical (unpaired) electrons. The van der Waals surface area contributed by atoms with Crippen molar-refractivity contribution in [2.24, 2.45) is 0 Å². The first-order valence-corrected chi connectivity index (χ1v) is 10.3. The van der Waals surface area contributed by atoms with E-state index in [4.69, 9.17) is 9.47 Å². The molecule has 3 rings (SSSR count). The SMILES string of the molecule is CCOC(=O)/C=c1\s/c(=C\c2cccc(O)c2)c(=O)n1Cc1ccc(C(=O)OC)cc1. The number of phenols is 1. The van der Waals surface area contributed by atoms with Gasteiger partial charge in [-0.3, -0.25) is 9.36 Å². The Labute approximate surface area is 182 Å². The first-order valence-electron chi connectivity index (χ1n) is 9.47. The second-order valence-electron chi connectivity index (χ2n) is 6.52. The van der Waals surface area contributed by atoms with Gasteiger partial charge in [-0.2, -0.15) is 0 Å². The molecule has 0 unspecified atom stereocenters. The molecule has 3 aromatic rings. The molecule has 8 heteroatoms. The standard InChI is InChI=1S/C23H21NO6S/c1-3-30-21(26)13-20-24(14-15-7-9-17(10-8-15)23(28)29-2)22(27)19(31-20)12-16-5-4-6-18(25)11-16/h4-13,25H,3,14H2,1-2H3/b19-12-,20-13-. The van der Waals surface area contributed by atoms with E-state index in [0.29, 0.717) is 20.3 Å². The van der Waals surface area contributed by atoms with Crippen molar-refractivity contribution in [2.45, 2.75) is 13.5 Å². The second kappa shape index (κ2) is 9.90. The fourth-order valence-corrected chi connectivity index (χ4v) is 3.92.